The Morgan fingerprint density at radius 3 is 2.64 bits per heavy atom. The molecule has 2 aromatic rings. The van der Waals surface area contributed by atoms with E-state index in [9.17, 15) is 14.5 Å². The topological polar surface area (TPSA) is 95.2 Å². The molecule has 1 aromatic carbocycles. The van der Waals surface area contributed by atoms with Crippen LogP contribution in [-0.4, -0.2) is 9.97 Å². The van der Waals surface area contributed by atoms with Gasteiger partial charge in [-0.3, -0.25) is 9.78 Å². The van der Waals surface area contributed by atoms with E-state index in [4.69, 9.17) is 0 Å². The monoisotopic (exact) mass is 191 g/mol. The van der Waals surface area contributed by atoms with Gasteiger partial charge >= 0.3 is 5.69 Å². The highest BCUT2D eigenvalue weighted by Crippen LogP contribution is 2.15. The van der Waals surface area contributed by atoms with Crippen molar-refractivity contribution in [2.24, 2.45) is 5.18 Å². The molecule has 0 saturated heterocycles. The number of aromatic amines is 2. The second-order valence-corrected chi connectivity index (χ2v) is 2.73. The molecule has 70 valence electrons. The van der Waals surface area contributed by atoms with Gasteiger partial charge in [0.15, 0.2) is 0 Å². The van der Waals surface area contributed by atoms with Crippen LogP contribution in [0.2, 0.25) is 0 Å². The molecule has 0 spiro atoms. The summed E-state index contributed by atoms with van der Waals surface area (Å²) in [6, 6.07) is 4.18. The van der Waals surface area contributed by atoms with Gasteiger partial charge in [0.05, 0.1) is 10.9 Å². The molecule has 0 fully saturated rings. The van der Waals surface area contributed by atoms with Gasteiger partial charge in [0.2, 0.25) is 0 Å². The molecule has 0 unspecified atom stereocenters. The van der Waals surface area contributed by atoms with Crippen LogP contribution in [0, 0.1) is 4.91 Å². The molecular formula is C8H5N3O3. The largest absolute Gasteiger partial charge is 0.326 e. The summed E-state index contributed by atoms with van der Waals surface area (Å²) in [7, 11) is 0. The first kappa shape index (κ1) is 8.36. The number of nitroso groups, excluding NO2 is 1. The Hall–Kier alpha value is -2.24. The maximum absolute atomic E-state index is 11.2. The van der Waals surface area contributed by atoms with Crippen LogP contribution in [0.15, 0.2) is 33.0 Å². The lowest BCUT2D eigenvalue weighted by atomic mass is 10.2. The highest BCUT2D eigenvalue weighted by atomic mass is 16.3. The highest BCUT2D eigenvalue weighted by molar-refractivity contribution is 5.80. The van der Waals surface area contributed by atoms with E-state index in [1.165, 1.54) is 18.2 Å². The molecule has 0 saturated carbocycles. The van der Waals surface area contributed by atoms with Crippen molar-refractivity contribution in [2.75, 3.05) is 0 Å². The van der Waals surface area contributed by atoms with Crippen LogP contribution in [0.1, 0.15) is 0 Å². The molecule has 0 amide bonds. The summed E-state index contributed by atoms with van der Waals surface area (Å²) in [5, 5.41) is 3.01. The first-order chi connectivity index (χ1) is 6.70. The molecule has 6 heteroatoms. The number of nitrogens with zero attached hydrogens (tertiary/aromatic N) is 1. The summed E-state index contributed by atoms with van der Waals surface area (Å²) in [6.07, 6.45) is 0. The summed E-state index contributed by atoms with van der Waals surface area (Å²) in [4.78, 5) is 36.8. The lowest BCUT2D eigenvalue weighted by Crippen LogP contribution is -2.21. The fraction of sp³-hybridized carbons (Fsp3) is 0. The Labute approximate surface area is 76.6 Å². The van der Waals surface area contributed by atoms with E-state index in [0.29, 0.717) is 10.9 Å². The Morgan fingerprint density at radius 2 is 1.93 bits per heavy atom. The molecular weight excluding hydrogens is 186 g/mol. The minimum Gasteiger partial charge on any atom is -0.307 e. The number of fused-ring (bicyclic) bond motifs is 1. The predicted octanol–water partition coefficient (Wildman–Crippen LogP) is 0.614. The lowest BCUT2D eigenvalue weighted by molar-refractivity contribution is 1.08. The predicted molar refractivity (Wildman–Crippen MR) is 50.6 cm³/mol. The molecule has 1 aromatic heterocycles. The summed E-state index contributed by atoms with van der Waals surface area (Å²) >= 11 is 0. The number of benzene rings is 1. The van der Waals surface area contributed by atoms with Crippen molar-refractivity contribution in [1.82, 2.24) is 9.97 Å². The molecule has 0 aliphatic rings. The molecule has 2 rings (SSSR count). The molecule has 2 N–H and O–H groups in total. The van der Waals surface area contributed by atoms with Gasteiger partial charge in [-0.15, -0.1) is 4.91 Å². The Morgan fingerprint density at radius 1 is 1.14 bits per heavy atom. The average Bonchev–Trinajstić information content (AvgIpc) is 2.16. The van der Waals surface area contributed by atoms with E-state index < -0.39 is 11.2 Å². The minimum atomic E-state index is -0.606. The first-order valence-corrected chi connectivity index (χ1v) is 3.80. The van der Waals surface area contributed by atoms with Crippen LogP contribution in [0.3, 0.4) is 0 Å². The summed E-state index contributed by atoms with van der Waals surface area (Å²) in [5.74, 6) is 0. The standard InChI is InChI=1S/C8H5N3O3/c12-7-5-2-1-4(11-14)3-6(5)9-8(13)10-7/h1-3H,(H2,9,10,12,13). The Kier molecular flexibility index (Phi) is 1.74. The van der Waals surface area contributed by atoms with Crippen molar-refractivity contribution in [2.45, 2.75) is 0 Å². The van der Waals surface area contributed by atoms with Crippen LogP contribution in [0.4, 0.5) is 5.69 Å². The van der Waals surface area contributed by atoms with E-state index in [2.05, 4.69) is 15.1 Å². The maximum Gasteiger partial charge on any atom is 0.326 e. The van der Waals surface area contributed by atoms with Crippen LogP contribution in [-0.2, 0) is 0 Å². The summed E-state index contributed by atoms with van der Waals surface area (Å²) in [6.45, 7) is 0. The Balaban J connectivity index is 2.95. The fourth-order valence-electron chi connectivity index (χ4n) is 1.21. The molecule has 0 aliphatic heterocycles. The van der Waals surface area contributed by atoms with Gasteiger partial charge in [0, 0.05) is 0 Å². The van der Waals surface area contributed by atoms with E-state index in [1.807, 2.05) is 0 Å². The summed E-state index contributed by atoms with van der Waals surface area (Å²) in [5.41, 5.74) is -0.624. The van der Waals surface area contributed by atoms with Gasteiger partial charge in [-0.25, -0.2) is 4.79 Å². The number of hydrogen-bond donors (Lipinski definition) is 2. The zero-order valence-corrected chi connectivity index (χ0v) is 6.90. The van der Waals surface area contributed by atoms with Crippen molar-refractivity contribution in [3.63, 3.8) is 0 Å². The van der Waals surface area contributed by atoms with E-state index in [0.717, 1.165) is 0 Å². The Bertz CT molecular complexity index is 611. The SMILES string of the molecule is O=Nc1ccc2c(=O)[nH]c(=O)[nH]c2c1. The van der Waals surface area contributed by atoms with Gasteiger partial charge in [-0.1, -0.05) is 0 Å². The van der Waals surface area contributed by atoms with Crippen molar-refractivity contribution in [1.29, 1.82) is 0 Å². The van der Waals surface area contributed by atoms with Gasteiger partial charge in [0.1, 0.15) is 5.69 Å². The van der Waals surface area contributed by atoms with Gasteiger partial charge < -0.3 is 4.98 Å². The van der Waals surface area contributed by atoms with Crippen molar-refractivity contribution in [3.8, 4) is 0 Å². The summed E-state index contributed by atoms with van der Waals surface area (Å²) < 4.78 is 0. The zero-order chi connectivity index (χ0) is 10.1. The smallest absolute Gasteiger partial charge is 0.307 e. The minimum absolute atomic E-state index is 0.166. The number of nitrogens with one attached hydrogen (secondary N) is 2. The number of rotatable bonds is 1. The molecule has 1 heterocycles. The molecule has 0 radical (unpaired) electrons. The van der Waals surface area contributed by atoms with E-state index in [-0.39, 0.29) is 5.69 Å². The van der Waals surface area contributed by atoms with Gasteiger partial charge in [-0.2, -0.15) is 0 Å². The highest BCUT2D eigenvalue weighted by Gasteiger charge is 2.01. The fourth-order valence-corrected chi connectivity index (χ4v) is 1.21. The molecule has 0 atom stereocenters. The van der Waals surface area contributed by atoms with Crippen LogP contribution < -0.4 is 11.2 Å². The average molecular weight is 191 g/mol. The third-order valence-electron chi connectivity index (χ3n) is 1.83. The van der Waals surface area contributed by atoms with Crippen LogP contribution in [0.5, 0.6) is 0 Å². The molecule has 0 aliphatic carbocycles. The van der Waals surface area contributed by atoms with E-state index >= 15 is 0 Å². The zero-order valence-electron chi connectivity index (χ0n) is 6.90. The first-order valence-electron chi connectivity index (χ1n) is 3.80. The molecule has 14 heavy (non-hydrogen) atoms. The van der Waals surface area contributed by atoms with Gasteiger partial charge in [-0.05, 0) is 23.4 Å². The number of aromatic nitrogens is 2. The third kappa shape index (κ3) is 1.22. The lowest BCUT2D eigenvalue weighted by Gasteiger charge is -1.95. The number of H-pyrrole nitrogens is 2. The van der Waals surface area contributed by atoms with Crippen LogP contribution >= 0.6 is 0 Å². The van der Waals surface area contributed by atoms with Gasteiger partial charge in [0.25, 0.3) is 5.56 Å². The number of hydrogen-bond acceptors (Lipinski definition) is 4. The normalized spacial score (nSPS) is 10.3. The van der Waals surface area contributed by atoms with Crippen molar-refractivity contribution < 1.29 is 0 Å². The second kappa shape index (κ2) is 2.91. The maximum atomic E-state index is 11.2. The van der Waals surface area contributed by atoms with Crippen molar-refractivity contribution >= 4 is 16.6 Å². The second-order valence-electron chi connectivity index (χ2n) is 2.73. The van der Waals surface area contributed by atoms with Crippen LogP contribution in [0.25, 0.3) is 10.9 Å². The van der Waals surface area contributed by atoms with E-state index in [1.54, 1.807) is 0 Å². The quantitative estimate of drug-likeness (QED) is 0.646. The third-order valence-corrected chi connectivity index (χ3v) is 1.83. The molecule has 0 bridgehead atoms. The molecule has 6 nitrogen and oxygen atoms in total. The van der Waals surface area contributed by atoms with Crippen molar-refractivity contribution in [3.05, 3.63) is 43.9 Å².